The SMILES string of the molecule is CCCCCCN(C(=O)C(NC(=O)OC(C)(C)C)C(C)CC)C(C(=O)Nc1ccc2ccccc2c1)c1c(C)cccc1C. The Morgan fingerprint density at radius 1 is 0.864 bits per heavy atom. The van der Waals surface area contributed by atoms with Crippen LogP contribution in [0.25, 0.3) is 10.8 Å². The Morgan fingerprint density at radius 2 is 1.52 bits per heavy atom. The number of benzene rings is 3. The first-order valence-electron chi connectivity index (χ1n) is 16.0. The summed E-state index contributed by atoms with van der Waals surface area (Å²) in [6.45, 7) is 15.8. The number of alkyl carbamates (subject to hydrolysis) is 1. The van der Waals surface area contributed by atoms with Gasteiger partial charge in [0.05, 0.1) is 0 Å². The quantitative estimate of drug-likeness (QED) is 0.192. The molecule has 0 saturated heterocycles. The number of ether oxygens (including phenoxy) is 1. The van der Waals surface area contributed by atoms with Crippen LogP contribution >= 0.6 is 0 Å². The minimum Gasteiger partial charge on any atom is -0.444 e. The van der Waals surface area contributed by atoms with Gasteiger partial charge in [-0.3, -0.25) is 9.59 Å². The van der Waals surface area contributed by atoms with Crippen molar-refractivity contribution in [2.75, 3.05) is 11.9 Å². The smallest absolute Gasteiger partial charge is 0.408 e. The van der Waals surface area contributed by atoms with Gasteiger partial charge in [0.2, 0.25) is 5.91 Å². The summed E-state index contributed by atoms with van der Waals surface area (Å²) in [5.41, 5.74) is 2.60. The van der Waals surface area contributed by atoms with Crippen LogP contribution in [0.15, 0.2) is 60.7 Å². The van der Waals surface area contributed by atoms with Crippen LogP contribution in [0.3, 0.4) is 0 Å². The van der Waals surface area contributed by atoms with E-state index in [4.69, 9.17) is 4.74 Å². The number of nitrogens with one attached hydrogen (secondary N) is 2. The van der Waals surface area contributed by atoms with Gasteiger partial charge in [-0.05, 0) is 86.6 Å². The Morgan fingerprint density at radius 3 is 2.14 bits per heavy atom. The molecular formula is C37H51N3O4. The molecule has 0 radical (unpaired) electrons. The topological polar surface area (TPSA) is 87.7 Å². The lowest BCUT2D eigenvalue weighted by atomic mass is 9.91. The monoisotopic (exact) mass is 601 g/mol. The molecule has 0 aliphatic carbocycles. The van der Waals surface area contributed by atoms with Crippen molar-refractivity contribution in [1.29, 1.82) is 0 Å². The third kappa shape index (κ3) is 9.31. The van der Waals surface area contributed by atoms with Crippen molar-refractivity contribution >= 4 is 34.4 Å². The summed E-state index contributed by atoms with van der Waals surface area (Å²) in [5.74, 6) is -0.764. The lowest BCUT2D eigenvalue weighted by Gasteiger charge is -2.37. The number of carbonyl (C=O) groups excluding carboxylic acids is 3. The molecule has 238 valence electrons. The number of fused-ring (bicyclic) bond motifs is 1. The maximum atomic E-state index is 14.7. The molecule has 2 N–H and O–H groups in total. The molecule has 3 unspecified atom stereocenters. The highest BCUT2D eigenvalue weighted by Crippen LogP contribution is 2.31. The molecule has 0 heterocycles. The molecule has 0 aliphatic heterocycles. The summed E-state index contributed by atoms with van der Waals surface area (Å²) in [7, 11) is 0. The number of hydrogen-bond donors (Lipinski definition) is 2. The number of carbonyl (C=O) groups is 3. The average Bonchev–Trinajstić information content (AvgIpc) is 2.96. The Bertz CT molecular complexity index is 1410. The van der Waals surface area contributed by atoms with E-state index in [-0.39, 0.29) is 17.7 Å². The molecule has 3 atom stereocenters. The highest BCUT2D eigenvalue weighted by atomic mass is 16.6. The molecule has 0 spiro atoms. The zero-order valence-electron chi connectivity index (χ0n) is 27.8. The largest absolute Gasteiger partial charge is 0.444 e. The second-order valence-electron chi connectivity index (χ2n) is 12.9. The molecule has 3 aromatic carbocycles. The standard InChI is InChI=1S/C37H51N3O4/c1-9-11-12-15-23-40(35(42)32(25(3)10-2)39-36(43)44-37(6,7)8)33(31-26(4)17-16-18-27(31)5)34(41)38-30-22-21-28-19-13-14-20-29(28)24-30/h13-14,16-22,24-25,32-33H,9-12,15,23H2,1-8H3,(H,38,41)(H,39,43). The van der Waals surface area contributed by atoms with Gasteiger partial charge in [0, 0.05) is 12.2 Å². The van der Waals surface area contributed by atoms with E-state index in [1.54, 1.807) is 25.7 Å². The van der Waals surface area contributed by atoms with E-state index in [0.29, 0.717) is 18.7 Å². The van der Waals surface area contributed by atoms with Crippen molar-refractivity contribution in [1.82, 2.24) is 10.2 Å². The molecule has 0 aromatic heterocycles. The maximum absolute atomic E-state index is 14.7. The molecular weight excluding hydrogens is 550 g/mol. The number of anilines is 1. The molecule has 3 amide bonds. The zero-order chi connectivity index (χ0) is 32.4. The van der Waals surface area contributed by atoms with Gasteiger partial charge in [-0.15, -0.1) is 0 Å². The van der Waals surface area contributed by atoms with Crippen LogP contribution in [0.2, 0.25) is 0 Å². The summed E-state index contributed by atoms with van der Waals surface area (Å²) < 4.78 is 5.55. The highest BCUT2D eigenvalue weighted by molar-refractivity contribution is 6.00. The van der Waals surface area contributed by atoms with Crippen LogP contribution in [-0.4, -0.2) is 41.0 Å². The third-order valence-electron chi connectivity index (χ3n) is 8.08. The molecule has 3 rings (SSSR count). The van der Waals surface area contributed by atoms with Crippen LogP contribution in [0, 0.1) is 19.8 Å². The predicted octanol–water partition coefficient (Wildman–Crippen LogP) is 8.48. The van der Waals surface area contributed by atoms with Crippen LogP contribution in [-0.2, 0) is 14.3 Å². The van der Waals surface area contributed by atoms with Crippen molar-refractivity contribution in [3.05, 3.63) is 77.4 Å². The summed E-state index contributed by atoms with van der Waals surface area (Å²) in [6, 6.07) is 18.0. The number of aryl methyl sites for hydroxylation is 2. The molecule has 0 bridgehead atoms. The average molecular weight is 602 g/mol. The van der Waals surface area contributed by atoms with Gasteiger partial charge < -0.3 is 20.3 Å². The van der Waals surface area contributed by atoms with E-state index < -0.39 is 23.8 Å². The fraction of sp³-hybridized carbons (Fsp3) is 0.486. The van der Waals surface area contributed by atoms with Gasteiger partial charge in [0.25, 0.3) is 5.91 Å². The fourth-order valence-electron chi connectivity index (χ4n) is 5.54. The minimum absolute atomic E-state index is 0.185. The number of unbranched alkanes of at least 4 members (excludes halogenated alkanes) is 3. The maximum Gasteiger partial charge on any atom is 0.408 e. The first-order chi connectivity index (χ1) is 20.9. The molecule has 7 nitrogen and oxygen atoms in total. The van der Waals surface area contributed by atoms with Crippen molar-refractivity contribution in [2.45, 2.75) is 105 Å². The normalized spacial score (nSPS) is 13.5. The second kappa shape index (κ2) is 15.7. The van der Waals surface area contributed by atoms with Crippen molar-refractivity contribution in [2.24, 2.45) is 5.92 Å². The summed E-state index contributed by atoms with van der Waals surface area (Å²) in [6.07, 6.45) is 3.76. The highest BCUT2D eigenvalue weighted by Gasteiger charge is 2.39. The molecule has 0 fully saturated rings. The molecule has 3 aromatic rings. The van der Waals surface area contributed by atoms with Gasteiger partial charge in [0.15, 0.2) is 0 Å². The Hall–Kier alpha value is -3.87. The van der Waals surface area contributed by atoms with Crippen molar-refractivity contribution < 1.29 is 19.1 Å². The van der Waals surface area contributed by atoms with Crippen LogP contribution in [0.4, 0.5) is 10.5 Å². The Kier molecular flexibility index (Phi) is 12.4. The first-order valence-corrected chi connectivity index (χ1v) is 16.0. The second-order valence-corrected chi connectivity index (χ2v) is 12.9. The van der Waals surface area contributed by atoms with Crippen molar-refractivity contribution in [3.8, 4) is 0 Å². The minimum atomic E-state index is -0.899. The van der Waals surface area contributed by atoms with E-state index in [9.17, 15) is 14.4 Å². The third-order valence-corrected chi connectivity index (χ3v) is 8.08. The van der Waals surface area contributed by atoms with Gasteiger partial charge in [-0.2, -0.15) is 0 Å². The van der Waals surface area contributed by atoms with Crippen LogP contribution < -0.4 is 10.6 Å². The molecule has 0 aliphatic rings. The molecule has 44 heavy (non-hydrogen) atoms. The van der Waals surface area contributed by atoms with E-state index in [0.717, 1.165) is 53.1 Å². The Balaban J connectivity index is 2.10. The number of rotatable bonds is 13. The number of hydrogen-bond acceptors (Lipinski definition) is 4. The summed E-state index contributed by atoms with van der Waals surface area (Å²) >= 11 is 0. The molecule has 7 heteroatoms. The van der Waals surface area contributed by atoms with E-state index in [2.05, 4.69) is 17.6 Å². The van der Waals surface area contributed by atoms with Gasteiger partial charge in [-0.25, -0.2) is 4.79 Å². The Labute approximate surface area is 263 Å². The van der Waals surface area contributed by atoms with E-state index in [1.165, 1.54) is 0 Å². The van der Waals surface area contributed by atoms with E-state index in [1.807, 2.05) is 88.4 Å². The lowest BCUT2D eigenvalue weighted by Crippen LogP contribution is -2.55. The first kappa shape index (κ1) is 34.6. The number of amides is 3. The predicted molar refractivity (Wildman–Crippen MR) is 180 cm³/mol. The van der Waals surface area contributed by atoms with Crippen LogP contribution in [0.5, 0.6) is 0 Å². The van der Waals surface area contributed by atoms with Crippen LogP contribution in [0.1, 0.15) is 96.4 Å². The summed E-state index contributed by atoms with van der Waals surface area (Å²) in [4.78, 5) is 43.7. The summed E-state index contributed by atoms with van der Waals surface area (Å²) in [5, 5.41) is 8.09. The molecule has 0 saturated carbocycles. The lowest BCUT2D eigenvalue weighted by molar-refractivity contribution is -0.142. The van der Waals surface area contributed by atoms with Crippen molar-refractivity contribution in [3.63, 3.8) is 0 Å². The van der Waals surface area contributed by atoms with Gasteiger partial charge in [-0.1, -0.05) is 95.0 Å². The van der Waals surface area contributed by atoms with E-state index >= 15 is 0 Å². The van der Waals surface area contributed by atoms with Gasteiger partial charge >= 0.3 is 6.09 Å². The zero-order valence-corrected chi connectivity index (χ0v) is 27.8. The fourth-order valence-corrected chi connectivity index (χ4v) is 5.54. The van der Waals surface area contributed by atoms with Gasteiger partial charge in [0.1, 0.15) is 17.7 Å². The number of nitrogens with zero attached hydrogens (tertiary/aromatic N) is 1.